The largest absolute Gasteiger partial charge is 0.497 e. The molecule has 0 saturated carbocycles. The fraction of sp³-hybridized carbons (Fsp3) is 0.500. The Labute approximate surface area is 222 Å². The van der Waals surface area contributed by atoms with Crippen LogP contribution in [0.2, 0.25) is 0 Å². The summed E-state index contributed by atoms with van der Waals surface area (Å²) >= 11 is 0. The van der Waals surface area contributed by atoms with Gasteiger partial charge in [0.05, 0.1) is 19.1 Å². The fourth-order valence-corrected chi connectivity index (χ4v) is 4.89. The van der Waals surface area contributed by atoms with Crippen molar-refractivity contribution in [2.45, 2.75) is 72.0 Å². The highest BCUT2D eigenvalue weighted by Crippen LogP contribution is 2.21. The van der Waals surface area contributed by atoms with Crippen molar-refractivity contribution in [1.29, 1.82) is 0 Å². The number of nitrogens with one attached hydrogen (secondary N) is 1. The van der Waals surface area contributed by atoms with E-state index in [-0.39, 0.29) is 31.3 Å². The molecule has 2 amide bonds. The number of benzene rings is 2. The van der Waals surface area contributed by atoms with Gasteiger partial charge in [-0.25, -0.2) is 8.42 Å². The van der Waals surface area contributed by atoms with Gasteiger partial charge in [0.15, 0.2) is 0 Å². The van der Waals surface area contributed by atoms with Gasteiger partial charge in [-0.3, -0.25) is 13.9 Å². The quantitative estimate of drug-likeness (QED) is 0.444. The SMILES string of the molecule is CCc1ccc(N(CCCC(=O)N(Cc2cccc(OC)c2)[C@H](C)C(=O)NC(C)(C)C)S(C)(=O)=O)cc1. The highest BCUT2D eigenvalue weighted by molar-refractivity contribution is 7.92. The van der Waals surface area contributed by atoms with E-state index in [1.165, 1.54) is 9.21 Å². The molecule has 0 aromatic heterocycles. The van der Waals surface area contributed by atoms with E-state index in [0.717, 1.165) is 23.8 Å². The molecule has 0 aliphatic carbocycles. The molecule has 2 aromatic carbocycles. The number of ether oxygens (including phenoxy) is 1. The van der Waals surface area contributed by atoms with Gasteiger partial charge in [0.25, 0.3) is 0 Å². The number of carbonyl (C=O) groups is 2. The molecular weight excluding hydrogens is 490 g/mol. The normalized spacial score (nSPS) is 12.5. The van der Waals surface area contributed by atoms with E-state index in [1.54, 1.807) is 26.2 Å². The van der Waals surface area contributed by atoms with Gasteiger partial charge in [0.1, 0.15) is 11.8 Å². The zero-order chi connectivity index (χ0) is 27.8. The molecule has 0 bridgehead atoms. The number of hydrogen-bond acceptors (Lipinski definition) is 5. The molecule has 0 fully saturated rings. The topological polar surface area (TPSA) is 96.0 Å². The van der Waals surface area contributed by atoms with Crippen LogP contribution in [0.5, 0.6) is 5.75 Å². The smallest absolute Gasteiger partial charge is 0.242 e. The molecule has 0 aliphatic heterocycles. The Morgan fingerprint density at radius 1 is 1.05 bits per heavy atom. The van der Waals surface area contributed by atoms with Crippen molar-refractivity contribution in [3.8, 4) is 5.75 Å². The van der Waals surface area contributed by atoms with Crippen molar-refractivity contribution in [3.63, 3.8) is 0 Å². The molecule has 2 rings (SSSR count). The number of anilines is 1. The summed E-state index contributed by atoms with van der Waals surface area (Å²) in [6.07, 6.45) is 2.42. The first kappa shape index (κ1) is 30.2. The molecule has 0 saturated heterocycles. The van der Waals surface area contributed by atoms with Gasteiger partial charge in [-0.15, -0.1) is 0 Å². The highest BCUT2D eigenvalue weighted by Gasteiger charge is 2.28. The fourth-order valence-electron chi connectivity index (χ4n) is 3.93. The second-order valence-electron chi connectivity index (χ2n) is 10.2. The Bertz CT molecular complexity index is 1160. The summed E-state index contributed by atoms with van der Waals surface area (Å²) < 4.78 is 31.6. The van der Waals surface area contributed by atoms with Gasteiger partial charge in [0, 0.05) is 25.0 Å². The molecule has 0 unspecified atom stereocenters. The summed E-state index contributed by atoms with van der Waals surface area (Å²) in [6, 6.07) is 14.0. The highest BCUT2D eigenvalue weighted by atomic mass is 32.2. The van der Waals surface area contributed by atoms with E-state index in [2.05, 4.69) is 5.32 Å². The standard InChI is InChI=1S/C28H41N3O5S/c1-8-22-14-16-24(17-15-22)31(37(7,34)35)18-10-13-26(32)30(21(2)27(33)29-28(3,4)5)20-23-11-9-12-25(19-23)36-6/h9,11-12,14-17,19,21H,8,10,13,18,20H2,1-7H3,(H,29,33)/t21-/m1/s1. The summed E-state index contributed by atoms with van der Waals surface area (Å²) in [5.74, 6) is 0.182. The van der Waals surface area contributed by atoms with Crippen molar-refractivity contribution < 1.29 is 22.7 Å². The molecule has 1 N–H and O–H groups in total. The van der Waals surface area contributed by atoms with Gasteiger partial charge in [-0.1, -0.05) is 31.2 Å². The Hall–Kier alpha value is -3.07. The molecule has 0 aliphatic rings. The van der Waals surface area contributed by atoms with Crippen LogP contribution in [0.3, 0.4) is 0 Å². The predicted molar refractivity (Wildman–Crippen MR) is 148 cm³/mol. The number of sulfonamides is 1. The number of hydrogen-bond donors (Lipinski definition) is 1. The molecular formula is C28H41N3O5S. The third kappa shape index (κ3) is 9.39. The first-order chi connectivity index (χ1) is 17.2. The minimum atomic E-state index is -3.53. The van der Waals surface area contributed by atoms with Crippen LogP contribution in [0.15, 0.2) is 48.5 Å². The molecule has 0 heterocycles. The Kier molecular flexibility index (Phi) is 10.5. The van der Waals surface area contributed by atoms with Crippen molar-refractivity contribution in [2.24, 2.45) is 0 Å². The van der Waals surface area contributed by atoms with Gasteiger partial charge in [-0.2, -0.15) is 0 Å². The molecule has 37 heavy (non-hydrogen) atoms. The van der Waals surface area contributed by atoms with Crippen LogP contribution in [0.4, 0.5) is 5.69 Å². The van der Waals surface area contributed by atoms with E-state index in [1.807, 2.05) is 64.1 Å². The van der Waals surface area contributed by atoms with Crippen LogP contribution < -0.4 is 14.4 Å². The summed E-state index contributed by atoms with van der Waals surface area (Å²) in [5, 5.41) is 2.94. The number of amides is 2. The number of aryl methyl sites for hydroxylation is 1. The van der Waals surface area contributed by atoms with Gasteiger partial charge < -0.3 is 15.0 Å². The molecule has 2 aromatic rings. The van der Waals surface area contributed by atoms with Crippen LogP contribution in [-0.2, 0) is 32.6 Å². The number of rotatable bonds is 12. The first-order valence-electron chi connectivity index (χ1n) is 12.6. The molecule has 1 atom stereocenters. The van der Waals surface area contributed by atoms with Crippen molar-refractivity contribution in [2.75, 3.05) is 24.2 Å². The lowest BCUT2D eigenvalue weighted by Crippen LogP contribution is -2.52. The van der Waals surface area contributed by atoms with Gasteiger partial charge >= 0.3 is 0 Å². The van der Waals surface area contributed by atoms with Crippen LogP contribution in [0.25, 0.3) is 0 Å². The molecule has 0 spiro atoms. The molecule has 204 valence electrons. The summed E-state index contributed by atoms with van der Waals surface area (Å²) in [7, 11) is -1.96. The number of carbonyl (C=O) groups excluding carboxylic acids is 2. The molecule has 8 nitrogen and oxygen atoms in total. The lowest BCUT2D eigenvalue weighted by atomic mass is 10.1. The molecule has 0 radical (unpaired) electrons. The van der Waals surface area contributed by atoms with Crippen LogP contribution in [0.1, 0.15) is 58.6 Å². The van der Waals surface area contributed by atoms with Gasteiger partial charge in [0.2, 0.25) is 21.8 Å². The third-order valence-corrected chi connectivity index (χ3v) is 7.13. The average Bonchev–Trinajstić information content (AvgIpc) is 2.83. The minimum Gasteiger partial charge on any atom is -0.497 e. The maximum Gasteiger partial charge on any atom is 0.242 e. The van der Waals surface area contributed by atoms with Crippen LogP contribution >= 0.6 is 0 Å². The first-order valence-corrected chi connectivity index (χ1v) is 14.4. The number of nitrogens with zero attached hydrogens (tertiary/aromatic N) is 2. The van der Waals surface area contributed by atoms with Crippen molar-refractivity contribution >= 4 is 27.5 Å². The monoisotopic (exact) mass is 531 g/mol. The maximum absolute atomic E-state index is 13.4. The Morgan fingerprint density at radius 3 is 2.24 bits per heavy atom. The van der Waals surface area contributed by atoms with Gasteiger partial charge in [-0.05, 0) is 75.9 Å². The van der Waals surface area contributed by atoms with E-state index >= 15 is 0 Å². The van der Waals surface area contributed by atoms with E-state index in [9.17, 15) is 18.0 Å². The minimum absolute atomic E-state index is 0.0934. The summed E-state index contributed by atoms with van der Waals surface area (Å²) in [5.41, 5.74) is 2.07. The lowest BCUT2D eigenvalue weighted by Gasteiger charge is -2.32. The summed E-state index contributed by atoms with van der Waals surface area (Å²) in [4.78, 5) is 27.9. The predicted octanol–water partition coefficient (Wildman–Crippen LogP) is 4.14. The van der Waals surface area contributed by atoms with Crippen LogP contribution in [0, 0.1) is 0 Å². The number of methoxy groups -OCH3 is 1. The zero-order valence-corrected chi connectivity index (χ0v) is 23.9. The second-order valence-corrected chi connectivity index (χ2v) is 12.2. The van der Waals surface area contributed by atoms with Crippen molar-refractivity contribution in [1.82, 2.24) is 10.2 Å². The third-order valence-electron chi connectivity index (χ3n) is 5.94. The Balaban J connectivity index is 2.20. The summed E-state index contributed by atoms with van der Waals surface area (Å²) in [6.45, 7) is 9.79. The lowest BCUT2D eigenvalue weighted by molar-refractivity contribution is -0.141. The zero-order valence-electron chi connectivity index (χ0n) is 23.1. The van der Waals surface area contributed by atoms with E-state index in [0.29, 0.717) is 17.9 Å². The van der Waals surface area contributed by atoms with Crippen LogP contribution in [-0.4, -0.2) is 56.6 Å². The Morgan fingerprint density at radius 2 is 1.70 bits per heavy atom. The van der Waals surface area contributed by atoms with E-state index in [4.69, 9.17) is 4.74 Å². The van der Waals surface area contributed by atoms with Crippen molar-refractivity contribution in [3.05, 3.63) is 59.7 Å². The molecule has 9 heteroatoms. The maximum atomic E-state index is 13.4. The average molecular weight is 532 g/mol. The second kappa shape index (κ2) is 12.9. The van der Waals surface area contributed by atoms with E-state index < -0.39 is 21.6 Å².